The number of benzene rings is 2. The molecule has 0 saturated carbocycles. The molecule has 3 aromatic heterocycles. The summed E-state index contributed by atoms with van der Waals surface area (Å²) in [6, 6.07) is 17.5. The molecule has 5 rings (SSSR count). The number of fused-ring (bicyclic) bond motifs is 1. The Morgan fingerprint density at radius 1 is 1.03 bits per heavy atom. The van der Waals surface area contributed by atoms with E-state index in [-0.39, 0.29) is 16.2 Å². The van der Waals surface area contributed by atoms with Crippen molar-refractivity contribution < 1.29 is 4.74 Å². The van der Waals surface area contributed by atoms with Crippen LogP contribution in [0.25, 0.3) is 28.0 Å². The lowest BCUT2D eigenvalue weighted by Gasteiger charge is -2.05. The van der Waals surface area contributed by atoms with E-state index in [0.29, 0.717) is 11.1 Å². The molecule has 0 unspecified atom stereocenters. The van der Waals surface area contributed by atoms with Crippen molar-refractivity contribution in [1.82, 2.24) is 24.4 Å². The molecule has 0 amide bonds. The highest BCUT2D eigenvalue weighted by atomic mass is 32.1. The van der Waals surface area contributed by atoms with E-state index < -0.39 is 5.56 Å². The van der Waals surface area contributed by atoms with Crippen molar-refractivity contribution in [3.8, 4) is 22.7 Å². The van der Waals surface area contributed by atoms with Crippen LogP contribution in [0.2, 0.25) is 0 Å². The van der Waals surface area contributed by atoms with Crippen molar-refractivity contribution in [2.75, 3.05) is 6.61 Å². The van der Waals surface area contributed by atoms with E-state index in [1.807, 2.05) is 60.8 Å². The molecule has 0 N–H and O–H groups in total. The first-order valence-corrected chi connectivity index (χ1v) is 11.7. The summed E-state index contributed by atoms with van der Waals surface area (Å²) in [7, 11) is 0. The van der Waals surface area contributed by atoms with Gasteiger partial charge in [-0.1, -0.05) is 36.5 Å². The van der Waals surface area contributed by atoms with Crippen molar-refractivity contribution in [3.05, 3.63) is 97.3 Å². The molecule has 0 bridgehead atoms. The predicted octanol–water partition coefficient (Wildman–Crippen LogP) is 3.01. The highest BCUT2D eigenvalue weighted by Crippen LogP contribution is 2.26. The molecule has 0 saturated heterocycles. The van der Waals surface area contributed by atoms with Crippen LogP contribution >= 0.6 is 11.3 Å². The molecule has 2 aromatic carbocycles. The van der Waals surface area contributed by atoms with Gasteiger partial charge in [-0.05, 0) is 55.8 Å². The van der Waals surface area contributed by atoms with E-state index in [0.717, 1.165) is 46.0 Å². The maximum Gasteiger partial charge on any atom is 0.295 e. The number of hydrogen-bond donors (Lipinski definition) is 0. The van der Waals surface area contributed by atoms with E-state index in [4.69, 9.17) is 9.84 Å². The Bertz CT molecular complexity index is 1640. The molecule has 0 spiro atoms. The average Bonchev–Trinajstić information content (AvgIpc) is 3.40. The van der Waals surface area contributed by atoms with Crippen LogP contribution in [0.15, 0.2) is 70.4 Å². The number of ether oxygens (including phenoxy) is 1. The molecule has 0 aliphatic carbocycles. The third kappa shape index (κ3) is 4.13. The van der Waals surface area contributed by atoms with Gasteiger partial charge >= 0.3 is 0 Å². The van der Waals surface area contributed by atoms with Gasteiger partial charge in [0.15, 0.2) is 0 Å². The second kappa shape index (κ2) is 9.03. The molecule has 0 radical (unpaired) electrons. The van der Waals surface area contributed by atoms with Crippen molar-refractivity contribution >= 4 is 22.4 Å². The zero-order valence-electron chi connectivity index (χ0n) is 18.6. The summed E-state index contributed by atoms with van der Waals surface area (Å²) in [6.07, 6.45) is 4.59. The van der Waals surface area contributed by atoms with Crippen molar-refractivity contribution in [1.29, 1.82) is 0 Å². The van der Waals surface area contributed by atoms with Gasteiger partial charge in [-0.3, -0.25) is 9.59 Å². The number of aromatic nitrogens is 5. The molecule has 0 aliphatic heterocycles. The zero-order valence-corrected chi connectivity index (χ0v) is 19.5. The van der Waals surface area contributed by atoms with E-state index in [2.05, 4.69) is 17.0 Å². The van der Waals surface area contributed by atoms with Crippen LogP contribution in [0.5, 0.6) is 5.75 Å². The zero-order chi connectivity index (χ0) is 23.7. The molecule has 0 aliphatic rings. The summed E-state index contributed by atoms with van der Waals surface area (Å²) in [6.45, 7) is 4.26. The summed E-state index contributed by atoms with van der Waals surface area (Å²) in [5, 5.41) is 8.90. The summed E-state index contributed by atoms with van der Waals surface area (Å²) in [5.41, 5.74) is 2.69. The minimum atomic E-state index is -0.434. The van der Waals surface area contributed by atoms with E-state index in [9.17, 15) is 9.59 Å². The molecule has 0 atom stereocenters. The minimum absolute atomic E-state index is 0.182. The first-order chi connectivity index (χ1) is 16.5. The van der Waals surface area contributed by atoms with E-state index in [1.165, 1.54) is 11.4 Å². The summed E-state index contributed by atoms with van der Waals surface area (Å²) >= 11 is 1.13. The van der Waals surface area contributed by atoms with Gasteiger partial charge in [-0.2, -0.15) is 19.7 Å². The molecule has 34 heavy (non-hydrogen) atoms. The predicted molar refractivity (Wildman–Crippen MR) is 132 cm³/mol. The molecule has 8 nitrogen and oxygen atoms in total. The summed E-state index contributed by atoms with van der Waals surface area (Å²) in [4.78, 5) is 29.1. The topological polar surface area (TPSA) is 91.4 Å². The van der Waals surface area contributed by atoms with Crippen LogP contribution in [0.3, 0.4) is 0 Å². The van der Waals surface area contributed by atoms with Crippen LogP contribution < -0.4 is 20.4 Å². The normalized spacial score (nSPS) is 11.9. The second-order valence-electron chi connectivity index (χ2n) is 7.70. The number of thiazole rings is 1. The van der Waals surface area contributed by atoms with Crippen LogP contribution in [0.4, 0.5) is 0 Å². The monoisotopic (exact) mass is 471 g/mol. The molecule has 170 valence electrons. The molecule has 9 heteroatoms. The number of para-hydroxylation sites is 1. The second-order valence-corrected chi connectivity index (χ2v) is 8.71. The maximum atomic E-state index is 13.0. The first kappa shape index (κ1) is 21.7. The smallest absolute Gasteiger partial charge is 0.295 e. The fourth-order valence-electron chi connectivity index (χ4n) is 3.49. The first-order valence-electron chi connectivity index (χ1n) is 10.8. The molecule has 5 aromatic rings. The number of aryl methyl sites for hydroxylation is 1. The van der Waals surface area contributed by atoms with Crippen molar-refractivity contribution in [2.24, 2.45) is 0 Å². The quantitative estimate of drug-likeness (QED) is 0.378. The van der Waals surface area contributed by atoms with E-state index >= 15 is 0 Å². The Kier molecular flexibility index (Phi) is 5.77. The Balaban J connectivity index is 1.66. The average molecular weight is 472 g/mol. The highest BCUT2D eigenvalue weighted by Gasteiger charge is 2.14. The van der Waals surface area contributed by atoms with Crippen LogP contribution in [-0.4, -0.2) is 31.0 Å². The lowest BCUT2D eigenvalue weighted by Crippen LogP contribution is -2.27. The van der Waals surface area contributed by atoms with Gasteiger partial charge in [0.2, 0.25) is 4.96 Å². The summed E-state index contributed by atoms with van der Waals surface area (Å²) in [5.74, 6) is 0.794. The number of rotatable bonds is 6. The lowest BCUT2D eigenvalue weighted by atomic mass is 10.1. The van der Waals surface area contributed by atoms with Gasteiger partial charge < -0.3 is 4.74 Å². The Hall–Kier alpha value is -4.11. The molecular formula is C25H21N5O3S. The van der Waals surface area contributed by atoms with Crippen molar-refractivity contribution in [2.45, 2.75) is 20.3 Å². The van der Waals surface area contributed by atoms with Gasteiger partial charge in [-0.15, -0.1) is 0 Å². The largest absolute Gasteiger partial charge is 0.494 e. The van der Waals surface area contributed by atoms with Gasteiger partial charge in [0.1, 0.15) is 17.1 Å². The number of nitrogens with zero attached hydrogens (tertiary/aromatic N) is 5. The molecule has 3 heterocycles. The molecular weight excluding hydrogens is 450 g/mol. The maximum absolute atomic E-state index is 13.0. The Labute approximate surface area is 198 Å². The van der Waals surface area contributed by atoms with Gasteiger partial charge in [-0.25, -0.2) is 4.68 Å². The van der Waals surface area contributed by atoms with E-state index in [1.54, 1.807) is 10.8 Å². The third-order valence-corrected chi connectivity index (χ3v) is 6.15. The SMILES string of the molecule is CCCOc1ccc(-c2nn(-c3ccccc3)cc2/C=c2\sc3nc(=O)c(C)nn3c2=O)cc1. The summed E-state index contributed by atoms with van der Waals surface area (Å²) < 4.78 is 9.07. The highest BCUT2D eigenvalue weighted by molar-refractivity contribution is 7.15. The fourth-order valence-corrected chi connectivity index (χ4v) is 4.38. The third-order valence-electron chi connectivity index (χ3n) is 5.19. The number of hydrogen-bond acceptors (Lipinski definition) is 7. The Morgan fingerprint density at radius 3 is 2.53 bits per heavy atom. The van der Waals surface area contributed by atoms with Crippen LogP contribution in [0.1, 0.15) is 24.6 Å². The van der Waals surface area contributed by atoms with Crippen LogP contribution in [0, 0.1) is 6.92 Å². The fraction of sp³-hybridized carbons (Fsp3) is 0.160. The Morgan fingerprint density at radius 2 is 1.79 bits per heavy atom. The minimum Gasteiger partial charge on any atom is -0.494 e. The lowest BCUT2D eigenvalue weighted by molar-refractivity contribution is 0.317. The van der Waals surface area contributed by atoms with Gasteiger partial charge in [0.05, 0.1) is 16.8 Å². The molecule has 0 fully saturated rings. The van der Waals surface area contributed by atoms with Crippen LogP contribution in [-0.2, 0) is 0 Å². The standard InChI is InChI=1S/C25H21N5O3S/c1-3-13-33-20-11-9-17(10-12-20)22-18(15-29(28-22)19-7-5-4-6-8-19)14-21-24(32)30-25(34-21)26-23(31)16(2)27-30/h4-12,14-15H,3,13H2,1-2H3/b21-14-. The van der Waals surface area contributed by atoms with Crippen molar-refractivity contribution in [3.63, 3.8) is 0 Å². The van der Waals surface area contributed by atoms with Gasteiger partial charge in [0.25, 0.3) is 11.1 Å². The van der Waals surface area contributed by atoms with Gasteiger partial charge in [0, 0.05) is 17.3 Å².